The molecule has 0 aromatic carbocycles. The number of nitrogens with two attached hydrogens (primary N) is 3. The SMILES string of the molecule is Cc1c(C2=C(C(=O)[O-])N3C(=O)[C@H]([C@@H](C)O)[C@H]3[C@H]2C)sc2c(SCCCN=C(N)N)n(C(N)=O)c[n+]12. The number of guanidine groups is 1. The summed E-state index contributed by atoms with van der Waals surface area (Å²) in [7, 11) is 0. The summed E-state index contributed by atoms with van der Waals surface area (Å²) in [6.45, 7) is 5.63. The van der Waals surface area contributed by atoms with Crippen LogP contribution >= 0.6 is 23.1 Å². The number of nitrogens with zero attached hydrogens (tertiary/aromatic N) is 4. The average molecular weight is 522 g/mol. The molecular weight excluding hydrogens is 494 g/mol. The van der Waals surface area contributed by atoms with E-state index in [1.807, 2.05) is 13.8 Å². The van der Waals surface area contributed by atoms with Gasteiger partial charge in [0.25, 0.3) is 6.33 Å². The Morgan fingerprint density at radius 2 is 2.06 bits per heavy atom. The van der Waals surface area contributed by atoms with Gasteiger partial charge in [0, 0.05) is 23.8 Å². The molecule has 4 atom stereocenters. The number of aliphatic hydroxyl groups is 1. The van der Waals surface area contributed by atoms with Gasteiger partial charge in [-0.25, -0.2) is 4.79 Å². The minimum atomic E-state index is -1.44. The summed E-state index contributed by atoms with van der Waals surface area (Å²) in [6, 6.07) is -1.10. The zero-order chi connectivity index (χ0) is 25.8. The highest BCUT2D eigenvalue weighted by molar-refractivity contribution is 7.99. The molecule has 4 heterocycles. The zero-order valence-electron chi connectivity index (χ0n) is 19.4. The lowest BCUT2D eigenvalue weighted by Crippen LogP contribution is -2.64. The first-order chi connectivity index (χ1) is 16.5. The summed E-state index contributed by atoms with van der Waals surface area (Å²) >= 11 is 2.73. The monoisotopic (exact) mass is 521 g/mol. The average Bonchev–Trinajstić information content (AvgIpc) is 3.35. The number of aliphatic imine (C=N–C) groups is 1. The molecule has 2 amide bonds. The number of thioether (sulfide) groups is 1. The summed E-state index contributed by atoms with van der Waals surface area (Å²) in [4.78, 5) is 43.5. The van der Waals surface area contributed by atoms with Gasteiger partial charge in [0.2, 0.25) is 15.8 Å². The fourth-order valence-electron chi connectivity index (χ4n) is 4.87. The summed E-state index contributed by atoms with van der Waals surface area (Å²) in [5.41, 5.74) is 17.3. The van der Waals surface area contributed by atoms with Crippen LogP contribution in [0.25, 0.3) is 10.4 Å². The van der Waals surface area contributed by atoms with E-state index in [1.54, 1.807) is 10.7 Å². The van der Waals surface area contributed by atoms with Crippen LogP contribution in [0.15, 0.2) is 22.0 Å². The predicted octanol–water partition coefficient (Wildman–Crippen LogP) is -1.40. The van der Waals surface area contributed by atoms with Crippen molar-refractivity contribution in [2.45, 2.75) is 44.4 Å². The first-order valence-electron chi connectivity index (χ1n) is 11.0. The number of carboxylic acids is 1. The molecule has 188 valence electrons. The zero-order valence-corrected chi connectivity index (χ0v) is 21.1. The molecule has 1 fully saturated rings. The van der Waals surface area contributed by atoms with Crippen LogP contribution in [-0.4, -0.2) is 62.9 Å². The van der Waals surface area contributed by atoms with Crippen LogP contribution in [0.4, 0.5) is 4.79 Å². The second-order valence-electron chi connectivity index (χ2n) is 8.63. The van der Waals surface area contributed by atoms with Crippen molar-refractivity contribution in [3.05, 3.63) is 22.6 Å². The van der Waals surface area contributed by atoms with Crippen molar-refractivity contribution in [2.24, 2.45) is 34.0 Å². The highest BCUT2D eigenvalue weighted by Gasteiger charge is 2.59. The number of rotatable bonds is 8. The second-order valence-corrected chi connectivity index (χ2v) is 10.7. The smallest absolute Gasteiger partial charge is 0.411 e. The lowest BCUT2D eigenvalue weighted by Gasteiger charge is -2.47. The van der Waals surface area contributed by atoms with Gasteiger partial charge in [-0.15, -0.1) is 4.57 Å². The lowest BCUT2D eigenvalue weighted by molar-refractivity contribution is -0.515. The summed E-state index contributed by atoms with van der Waals surface area (Å²) in [5.74, 6) is -2.24. The van der Waals surface area contributed by atoms with Crippen molar-refractivity contribution in [1.29, 1.82) is 0 Å². The number of hydrogen-bond acceptors (Lipinski definition) is 8. The molecule has 1 saturated heterocycles. The maximum atomic E-state index is 12.7. The summed E-state index contributed by atoms with van der Waals surface area (Å²) in [5, 5.41) is 22.9. The third kappa shape index (κ3) is 3.94. The molecule has 0 radical (unpaired) electrons. The van der Waals surface area contributed by atoms with Crippen molar-refractivity contribution in [3.63, 3.8) is 0 Å². The van der Waals surface area contributed by atoms with E-state index >= 15 is 0 Å². The van der Waals surface area contributed by atoms with E-state index in [0.717, 1.165) is 0 Å². The van der Waals surface area contributed by atoms with Crippen molar-refractivity contribution < 1.29 is 29.0 Å². The van der Waals surface area contributed by atoms with E-state index in [0.29, 0.717) is 44.7 Å². The Bertz CT molecular complexity index is 1290. The molecule has 0 saturated carbocycles. The maximum absolute atomic E-state index is 12.7. The van der Waals surface area contributed by atoms with E-state index < -0.39 is 36.0 Å². The number of β-lactam (4-membered cyclic amide) rings is 1. The third-order valence-corrected chi connectivity index (χ3v) is 9.01. The minimum Gasteiger partial charge on any atom is -0.543 e. The van der Waals surface area contributed by atoms with Gasteiger partial charge in [0.05, 0.1) is 34.6 Å². The molecule has 0 bridgehead atoms. The maximum Gasteiger partial charge on any atom is 0.411 e. The van der Waals surface area contributed by atoms with E-state index in [2.05, 4.69) is 4.99 Å². The largest absolute Gasteiger partial charge is 0.543 e. The lowest BCUT2D eigenvalue weighted by atomic mass is 9.77. The topological polar surface area (TPSA) is 197 Å². The summed E-state index contributed by atoms with van der Waals surface area (Å²) in [6.07, 6.45) is 1.33. The number of imidazole rings is 1. The van der Waals surface area contributed by atoms with Crippen LogP contribution in [-0.2, 0) is 9.59 Å². The summed E-state index contributed by atoms with van der Waals surface area (Å²) < 4.78 is 3.14. The Balaban J connectivity index is 1.76. The number of aromatic nitrogens is 2. The second kappa shape index (κ2) is 9.17. The van der Waals surface area contributed by atoms with Gasteiger partial charge in [0.1, 0.15) is 5.69 Å². The molecule has 4 rings (SSSR count). The van der Waals surface area contributed by atoms with Gasteiger partial charge >= 0.3 is 6.03 Å². The van der Waals surface area contributed by atoms with Crippen molar-refractivity contribution in [1.82, 2.24) is 9.47 Å². The van der Waals surface area contributed by atoms with Gasteiger partial charge in [-0.1, -0.05) is 30.0 Å². The number of hydrogen-bond donors (Lipinski definition) is 4. The van der Waals surface area contributed by atoms with Crippen molar-refractivity contribution in [2.75, 3.05) is 12.3 Å². The van der Waals surface area contributed by atoms with Gasteiger partial charge in [-0.2, -0.15) is 4.40 Å². The number of primary amides is 1. The van der Waals surface area contributed by atoms with Crippen molar-refractivity contribution in [3.8, 4) is 0 Å². The number of amides is 2. The molecule has 35 heavy (non-hydrogen) atoms. The van der Waals surface area contributed by atoms with Crippen molar-refractivity contribution >= 4 is 57.4 Å². The third-order valence-electron chi connectivity index (χ3n) is 6.42. The fourth-order valence-corrected chi connectivity index (χ4v) is 7.44. The number of fused-ring (bicyclic) bond motifs is 2. The number of aryl methyl sites for hydroxylation is 1. The highest BCUT2D eigenvalue weighted by Crippen LogP contribution is 2.51. The Kier molecular flexibility index (Phi) is 6.55. The first-order valence-corrected chi connectivity index (χ1v) is 12.8. The Morgan fingerprint density at radius 1 is 1.37 bits per heavy atom. The molecule has 14 heteroatoms. The predicted molar refractivity (Wildman–Crippen MR) is 128 cm³/mol. The fraction of sp³-hybridized carbons (Fsp3) is 0.476. The van der Waals surface area contributed by atoms with E-state index in [4.69, 9.17) is 17.2 Å². The molecule has 0 unspecified atom stereocenters. The van der Waals surface area contributed by atoms with Gasteiger partial charge in [-0.3, -0.25) is 9.79 Å². The van der Waals surface area contributed by atoms with Gasteiger partial charge in [0.15, 0.2) is 5.96 Å². The van der Waals surface area contributed by atoms with Crippen LogP contribution in [0.2, 0.25) is 0 Å². The minimum absolute atomic E-state index is 0.00989. The molecule has 2 aromatic heterocycles. The number of carbonyl (C=O) groups is 3. The first kappa shape index (κ1) is 25.0. The quantitative estimate of drug-likeness (QED) is 0.0812. The molecule has 12 nitrogen and oxygen atoms in total. The Morgan fingerprint density at radius 3 is 2.63 bits per heavy atom. The van der Waals surface area contributed by atoms with E-state index in [1.165, 1.54) is 39.5 Å². The van der Waals surface area contributed by atoms with E-state index in [-0.39, 0.29) is 17.6 Å². The standard InChI is InChI=1S/C21H27N7O5S2/c1-8-11(14(19(31)32)28-13(8)12(10(3)29)16(28)30)15-9(2)26-7-27(21(24)33)17(18(26)35-15)34-6-4-5-25-20(22)23/h7-8,10,12-13,29H,4-6H2,1-3H3,(H6-,22,23,24,25,31,32,33)/t8-,10+,12+,13+/m0/s1. The molecule has 2 aliphatic rings. The molecule has 0 aliphatic carbocycles. The van der Waals surface area contributed by atoms with Crippen LogP contribution in [0.1, 0.15) is 30.8 Å². The number of aliphatic hydroxyl groups excluding tert-OH is 1. The van der Waals surface area contributed by atoms with Gasteiger partial charge < -0.3 is 37.1 Å². The molecular formula is C21H27N7O5S2. The normalized spacial score (nSPS) is 22.3. The number of aliphatic carboxylic acids is 1. The Labute approximate surface area is 209 Å². The molecule has 0 spiro atoms. The Hall–Kier alpha value is -3.10. The highest BCUT2D eigenvalue weighted by atomic mass is 32.2. The van der Waals surface area contributed by atoms with Crippen LogP contribution in [0.3, 0.4) is 0 Å². The van der Waals surface area contributed by atoms with Crippen LogP contribution in [0, 0.1) is 18.8 Å². The van der Waals surface area contributed by atoms with E-state index in [9.17, 15) is 24.6 Å². The van der Waals surface area contributed by atoms with Crippen LogP contribution in [0.5, 0.6) is 0 Å². The molecule has 7 N–H and O–H groups in total. The van der Waals surface area contributed by atoms with Gasteiger partial charge in [-0.05, 0) is 20.3 Å². The van der Waals surface area contributed by atoms with Crippen LogP contribution < -0.4 is 26.7 Å². The molecule has 2 aliphatic heterocycles. The number of carbonyl (C=O) groups excluding carboxylic acids is 3. The number of carboxylic acid groups (broad SMARTS) is 1. The molecule has 2 aromatic rings. The number of thiazole rings is 1.